The van der Waals surface area contributed by atoms with E-state index < -0.39 is 0 Å². The lowest BCUT2D eigenvalue weighted by atomic mass is 10.1. The summed E-state index contributed by atoms with van der Waals surface area (Å²) in [4.78, 5) is 15.5. The predicted octanol–water partition coefficient (Wildman–Crippen LogP) is 2.97. The van der Waals surface area contributed by atoms with Crippen LogP contribution in [0.1, 0.15) is 22.6 Å². The standard InChI is InChI=1S/C16H18N2O2S/c1-10-4-5-12-8-15(21-14(12)6-10)16(19)18(3)9-13-7-11(2)20-17-13/h4-7,15H,8-9H2,1-3H3. The van der Waals surface area contributed by atoms with Crippen molar-refractivity contribution in [2.75, 3.05) is 7.05 Å². The van der Waals surface area contributed by atoms with Gasteiger partial charge in [-0.15, -0.1) is 11.8 Å². The van der Waals surface area contributed by atoms with Crippen LogP contribution in [-0.4, -0.2) is 28.3 Å². The second kappa shape index (κ2) is 5.56. The third-order valence-electron chi connectivity index (χ3n) is 3.62. The zero-order valence-electron chi connectivity index (χ0n) is 12.4. The molecular formula is C16H18N2O2S. The quantitative estimate of drug-likeness (QED) is 0.874. The maximum absolute atomic E-state index is 12.6. The Morgan fingerprint density at radius 2 is 2.24 bits per heavy atom. The molecule has 1 unspecified atom stereocenters. The highest BCUT2D eigenvalue weighted by Crippen LogP contribution is 2.38. The average Bonchev–Trinajstić information content (AvgIpc) is 3.03. The van der Waals surface area contributed by atoms with E-state index in [4.69, 9.17) is 4.52 Å². The van der Waals surface area contributed by atoms with E-state index >= 15 is 0 Å². The van der Waals surface area contributed by atoms with Crippen LogP contribution in [-0.2, 0) is 17.8 Å². The van der Waals surface area contributed by atoms with Crippen molar-refractivity contribution in [1.82, 2.24) is 10.1 Å². The summed E-state index contributed by atoms with van der Waals surface area (Å²) in [5.41, 5.74) is 3.30. The molecule has 1 aromatic carbocycles. The van der Waals surface area contributed by atoms with Crippen molar-refractivity contribution in [2.24, 2.45) is 0 Å². The number of hydrogen-bond acceptors (Lipinski definition) is 4. The normalized spacial score (nSPS) is 16.8. The number of amides is 1. The van der Waals surface area contributed by atoms with Crippen LogP contribution in [0.15, 0.2) is 33.7 Å². The average molecular weight is 302 g/mol. The molecule has 0 aliphatic carbocycles. The number of aromatic nitrogens is 1. The first kappa shape index (κ1) is 14.2. The SMILES string of the molecule is Cc1ccc2c(c1)SC(C(=O)N(C)Cc1cc(C)on1)C2. The van der Waals surface area contributed by atoms with Crippen molar-refractivity contribution in [3.8, 4) is 0 Å². The minimum Gasteiger partial charge on any atom is -0.361 e. The fourth-order valence-electron chi connectivity index (χ4n) is 2.53. The number of rotatable bonds is 3. The Hall–Kier alpha value is -1.75. The monoisotopic (exact) mass is 302 g/mol. The van der Waals surface area contributed by atoms with E-state index in [-0.39, 0.29) is 11.2 Å². The van der Waals surface area contributed by atoms with Gasteiger partial charge >= 0.3 is 0 Å². The van der Waals surface area contributed by atoms with Crippen LogP contribution in [0.25, 0.3) is 0 Å². The molecule has 0 radical (unpaired) electrons. The second-order valence-corrected chi connectivity index (χ2v) is 6.79. The Balaban J connectivity index is 1.66. The summed E-state index contributed by atoms with van der Waals surface area (Å²) >= 11 is 1.67. The van der Waals surface area contributed by atoms with Gasteiger partial charge in [-0.2, -0.15) is 0 Å². The van der Waals surface area contributed by atoms with E-state index in [2.05, 4.69) is 30.3 Å². The summed E-state index contributed by atoms with van der Waals surface area (Å²) in [5, 5.41) is 3.91. The number of aryl methyl sites for hydroxylation is 2. The topological polar surface area (TPSA) is 46.3 Å². The van der Waals surface area contributed by atoms with Crippen molar-refractivity contribution >= 4 is 17.7 Å². The summed E-state index contributed by atoms with van der Waals surface area (Å²) < 4.78 is 5.04. The molecular weight excluding hydrogens is 284 g/mol. The third kappa shape index (κ3) is 2.97. The highest BCUT2D eigenvalue weighted by molar-refractivity contribution is 8.01. The molecule has 3 rings (SSSR count). The highest BCUT2D eigenvalue weighted by Gasteiger charge is 2.30. The van der Waals surface area contributed by atoms with Crippen molar-refractivity contribution in [3.63, 3.8) is 0 Å². The predicted molar refractivity (Wildman–Crippen MR) is 82.2 cm³/mol. The number of thioether (sulfide) groups is 1. The van der Waals surface area contributed by atoms with Crippen molar-refractivity contribution < 1.29 is 9.32 Å². The van der Waals surface area contributed by atoms with Gasteiger partial charge in [-0.1, -0.05) is 22.9 Å². The fraction of sp³-hybridized carbons (Fsp3) is 0.375. The molecule has 110 valence electrons. The zero-order valence-corrected chi connectivity index (χ0v) is 13.2. The first-order valence-corrected chi connectivity index (χ1v) is 7.84. The molecule has 2 heterocycles. The van der Waals surface area contributed by atoms with Crippen LogP contribution < -0.4 is 0 Å². The lowest BCUT2D eigenvalue weighted by Crippen LogP contribution is -2.34. The summed E-state index contributed by atoms with van der Waals surface area (Å²) in [5.74, 6) is 0.915. The maximum atomic E-state index is 12.6. The number of hydrogen-bond donors (Lipinski definition) is 0. The van der Waals surface area contributed by atoms with E-state index in [1.807, 2.05) is 20.0 Å². The number of nitrogens with zero attached hydrogens (tertiary/aromatic N) is 2. The van der Waals surface area contributed by atoms with Crippen LogP contribution >= 0.6 is 11.8 Å². The lowest BCUT2D eigenvalue weighted by molar-refractivity contribution is -0.129. The van der Waals surface area contributed by atoms with Gasteiger partial charge in [0.25, 0.3) is 0 Å². The molecule has 0 spiro atoms. The van der Waals surface area contributed by atoms with Gasteiger partial charge in [0.1, 0.15) is 11.5 Å². The van der Waals surface area contributed by atoms with Crippen molar-refractivity contribution in [3.05, 3.63) is 46.8 Å². The molecule has 0 saturated carbocycles. The Kier molecular flexibility index (Phi) is 3.76. The molecule has 0 bridgehead atoms. The molecule has 5 heteroatoms. The summed E-state index contributed by atoms with van der Waals surface area (Å²) in [6, 6.07) is 8.26. The second-order valence-electron chi connectivity index (χ2n) is 5.54. The van der Waals surface area contributed by atoms with Crippen LogP contribution in [0.2, 0.25) is 0 Å². The first-order valence-electron chi connectivity index (χ1n) is 6.96. The van der Waals surface area contributed by atoms with Crippen molar-refractivity contribution in [1.29, 1.82) is 0 Å². The van der Waals surface area contributed by atoms with E-state index in [0.29, 0.717) is 6.54 Å². The van der Waals surface area contributed by atoms with Gasteiger partial charge in [0, 0.05) is 18.0 Å². The van der Waals surface area contributed by atoms with Crippen LogP contribution in [0.4, 0.5) is 0 Å². The maximum Gasteiger partial charge on any atom is 0.236 e. The zero-order chi connectivity index (χ0) is 15.0. The molecule has 1 atom stereocenters. The lowest BCUT2D eigenvalue weighted by Gasteiger charge is -2.19. The van der Waals surface area contributed by atoms with Gasteiger partial charge in [-0.05, 0) is 31.9 Å². The fourth-order valence-corrected chi connectivity index (χ4v) is 3.94. The van der Waals surface area contributed by atoms with E-state index in [0.717, 1.165) is 17.9 Å². The molecule has 1 aliphatic rings. The van der Waals surface area contributed by atoms with Crippen LogP contribution in [0.3, 0.4) is 0 Å². The van der Waals surface area contributed by atoms with Gasteiger partial charge < -0.3 is 9.42 Å². The molecule has 0 saturated heterocycles. The van der Waals surface area contributed by atoms with E-state index in [9.17, 15) is 4.79 Å². The number of benzene rings is 1. The molecule has 21 heavy (non-hydrogen) atoms. The molecule has 2 aromatic rings. The molecule has 0 fully saturated rings. The van der Waals surface area contributed by atoms with Gasteiger partial charge in [0.15, 0.2) is 0 Å². The van der Waals surface area contributed by atoms with Crippen LogP contribution in [0, 0.1) is 13.8 Å². The molecule has 0 N–H and O–H groups in total. The smallest absolute Gasteiger partial charge is 0.236 e. The van der Waals surface area contributed by atoms with Gasteiger partial charge in [-0.25, -0.2) is 0 Å². The Labute approximate surface area is 128 Å². The minimum absolute atomic E-state index is 0.0280. The highest BCUT2D eigenvalue weighted by atomic mass is 32.2. The minimum atomic E-state index is -0.0280. The Morgan fingerprint density at radius 1 is 1.43 bits per heavy atom. The number of carbonyl (C=O) groups excluding carboxylic acids is 1. The van der Waals surface area contributed by atoms with Gasteiger partial charge in [0.05, 0.1) is 11.8 Å². The van der Waals surface area contributed by atoms with Gasteiger partial charge in [0.2, 0.25) is 5.91 Å². The first-order chi connectivity index (χ1) is 10.0. The summed E-state index contributed by atoms with van der Waals surface area (Å²) in [6.07, 6.45) is 0.807. The largest absolute Gasteiger partial charge is 0.361 e. The van der Waals surface area contributed by atoms with Crippen molar-refractivity contribution in [2.45, 2.75) is 37.0 Å². The van der Waals surface area contributed by atoms with E-state index in [1.54, 1.807) is 16.7 Å². The Bertz CT molecular complexity index is 681. The number of fused-ring (bicyclic) bond motifs is 1. The molecule has 1 aliphatic heterocycles. The number of carbonyl (C=O) groups is 1. The molecule has 1 aromatic heterocycles. The molecule has 1 amide bonds. The van der Waals surface area contributed by atoms with Gasteiger partial charge in [-0.3, -0.25) is 4.79 Å². The third-order valence-corrected chi connectivity index (χ3v) is 4.91. The summed E-state index contributed by atoms with van der Waals surface area (Å²) in [6.45, 7) is 4.42. The molecule has 4 nitrogen and oxygen atoms in total. The van der Waals surface area contributed by atoms with E-state index in [1.165, 1.54) is 16.0 Å². The Morgan fingerprint density at radius 3 is 2.95 bits per heavy atom. The summed E-state index contributed by atoms with van der Waals surface area (Å²) in [7, 11) is 1.82. The van der Waals surface area contributed by atoms with Crippen LogP contribution in [0.5, 0.6) is 0 Å².